The van der Waals surface area contributed by atoms with Crippen molar-refractivity contribution in [2.24, 2.45) is 4.99 Å². The standard InChI is InChI=1S/C20H38N2O2.C5H11NO2/c1-3-5-6-7-8-9-10-11-12-13-14-19-21-15-16-22(19)18(4-2)17-20(23)24;1-6(2,3)4-5(7)8/h18H,3-17H2,1-2H3,(H,23,24);4H2,1-3H3. The molecule has 1 unspecified atom stereocenters. The number of carboxylic acids is 2. The van der Waals surface area contributed by atoms with E-state index < -0.39 is 11.9 Å². The lowest BCUT2D eigenvalue weighted by Gasteiger charge is -2.29. The van der Waals surface area contributed by atoms with Crippen LogP contribution in [0.25, 0.3) is 0 Å². The van der Waals surface area contributed by atoms with Crippen molar-refractivity contribution in [2.45, 2.75) is 103 Å². The molecule has 1 rings (SSSR count). The summed E-state index contributed by atoms with van der Waals surface area (Å²) in [6.45, 7) is 6.15. The van der Waals surface area contributed by atoms with Crippen molar-refractivity contribution in [3.63, 3.8) is 0 Å². The van der Waals surface area contributed by atoms with Crippen LogP contribution in [0.15, 0.2) is 4.99 Å². The first-order valence-corrected chi connectivity index (χ1v) is 12.6. The van der Waals surface area contributed by atoms with E-state index in [9.17, 15) is 14.7 Å². The maximum Gasteiger partial charge on any atom is 0.305 e. The fraction of sp³-hybridized carbons (Fsp3) is 0.880. The maximum atomic E-state index is 11.0. The summed E-state index contributed by atoms with van der Waals surface area (Å²) in [5.74, 6) is -0.549. The van der Waals surface area contributed by atoms with Crippen LogP contribution in [0.2, 0.25) is 0 Å². The molecule has 32 heavy (non-hydrogen) atoms. The molecule has 1 aliphatic rings. The summed E-state index contributed by atoms with van der Waals surface area (Å²) in [6, 6.07) is 0.117. The molecule has 0 radical (unpaired) electrons. The average molecular weight is 456 g/mol. The Morgan fingerprint density at radius 2 is 1.53 bits per heavy atom. The number of hydrogen-bond donors (Lipinski definition) is 1. The number of nitrogens with zero attached hydrogens (tertiary/aromatic N) is 3. The minimum absolute atomic E-state index is 0.0694. The molecule has 1 aliphatic heterocycles. The highest BCUT2D eigenvalue weighted by Gasteiger charge is 2.25. The summed E-state index contributed by atoms with van der Waals surface area (Å²) in [4.78, 5) is 27.8. The van der Waals surface area contributed by atoms with Crippen molar-refractivity contribution in [1.82, 2.24) is 4.90 Å². The minimum atomic E-state index is -1.00. The van der Waals surface area contributed by atoms with Gasteiger partial charge in [-0.2, -0.15) is 0 Å². The van der Waals surface area contributed by atoms with Gasteiger partial charge in [0.1, 0.15) is 6.54 Å². The van der Waals surface area contributed by atoms with Gasteiger partial charge < -0.3 is 24.4 Å². The molecule has 1 heterocycles. The highest BCUT2D eigenvalue weighted by Crippen LogP contribution is 2.18. The zero-order valence-corrected chi connectivity index (χ0v) is 21.4. The zero-order valence-electron chi connectivity index (χ0n) is 21.4. The predicted octanol–water partition coefficient (Wildman–Crippen LogP) is 3.71. The molecule has 0 aromatic heterocycles. The summed E-state index contributed by atoms with van der Waals surface area (Å²) in [5.41, 5.74) is 0. The van der Waals surface area contributed by atoms with Crippen molar-refractivity contribution < 1.29 is 24.3 Å². The number of quaternary nitrogens is 1. The monoisotopic (exact) mass is 455 g/mol. The van der Waals surface area contributed by atoms with E-state index in [2.05, 4.69) is 23.7 Å². The van der Waals surface area contributed by atoms with Crippen LogP contribution in [-0.2, 0) is 9.59 Å². The van der Waals surface area contributed by atoms with E-state index in [0.717, 1.165) is 31.8 Å². The Bertz CT molecular complexity index is 544. The van der Waals surface area contributed by atoms with Crippen LogP contribution < -0.4 is 5.11 Å². The fourth-order valence-electron chi connectivity index (χ4n) is 3.96. The number of aliphatic imine (C=N–C) groups is 1. The fourth-order valence-corrected chi connectivity index (χ4v) is 3.96. The number of aliphatic carboxylic acids is 2. The number of rotatable bonds is 17. The van der Waals surface area contributed by atoms with Crippen molar-refractivity contribution in [3.05, 3.63) is 0 Å². The number of unbranched alkanes of at least 4 members (excludes halogenated alkanes) is 9. The molecule has 188 valence electrons. The van der Waals surface area contributed by atoms with Gasteiger partial charge >= 0.3 is 5.97 Å². The van der Waals surface area contributed by atoms with Crippen LogP contribution in [0, 0.1) is 0 Å². The van der Waals surface area contributed by atoms with Crippen LogP contribution in [0.5, 0.6) is 0 Å². The molecule has 0 spiro atoms. The Balaban J connectivity index is 0.00000102. The van der Waals surface area contributed by atoms with Gasteiger partial charge in [-0.3, -0.25) is 9.79 Å². The topological polar surface area (TPSA) is 93.0 Å². The summed E-state index contributed by atoms with van der Waals surface area (Å²) in [5, 5.41) is 18.9. The van der Waals surface area contributed by atoms with Gasteiger partial charge in [0.15, 0.2) is 0 Å². The number of amidine groups is 1. The second kappa shape index (κ2) is 17.9. The van der Waals surface area contributed by atoms with Gasteiger partial charge in [0.05, 0.1) is 45.9 Å². The lowest BCUT2D eigenvalue weighted by Crippen LogP contribution is -2.45. The van der Waals surface area contributed by atoms with Gasteiger partial charge in [0.25, 0.3) is 0 Å². The number of carboxylic acid groups (broad SMARTS) is 2. The number of hydrogen-bond acceptors (Lipinski definition) is 5. The lowest BCUT2D eigenvalue weighted by molar-refractivity contribution is -0.864. The molecule has 0 fully saturated rings. The molecular weight excluding hydrogens is 406 g/mol. The number of carbonyl (C=O) groups excluding carboxylic acids is 1. The number of likely N-dealkylation sites (N-methyl/N-ethyl adjacent to an activating group) is 1. The summed E-state index contributed by atoms with van der Waals surface area (Å²) >= 11 is 0. The average Bonchev–Trinajstić information content (AvgIpc) is 3.14. The second-order valence-electron chi connectivity index (χ2n) is 9.90. The van der Waals surface area contributed by atoms with E-state index in [4.69, 9.17) is 5.11 Å². The van der Waals surface area contributed by atoms with Gasteiger partial charge in [-0.25, -0.2) is 0 Å². The molecule has 0 saturated carbocycles. The van der Waals surface area contributed by atoms with Crippen LogP contribution in [0.1, 0.15) is 97.3 Å². The number of carbonyl (C=O) groups is 2. The molecule has 0 aromatic carbocycles. The molecule has 0 amide bonds. The summed E-state index contributed by atoms with van der Waals surface area (Å²) in [7, 11) is 5.40. The third-order valence-corrected chi connectivity index (χ3v) is 5.65. The summed E-state index contributed by atoms with van der Waals surface area (Å²) < 4.78 is 0.419. The Hall–Kier alpha value is -1.63. The molecule has 7 heteroatoms. The lowest BCUT2D eigenvalue weighted by atomic mass is 10.0. The molecule has 0 bridgehead atoms. The van der Waals surface area contributed by atoms with Gasteiger partial charge in [-0.15, -0.1) is 0 Å². The van der Waals surface area contributed by atoms with Crippen molar-refractivity contribution in [2.75, 3.05) is 40.8 Å². The second-order valence-corrected chi connectivity index (χ2v) is 9.90. The van der Waals surface area contributed by atoms with Crippen LogP contribution in [0.4, 0.5) is 0 Å². The zero-order chi connectivity index (χ0) is 24.4. The van der Waals surface area contributed by atoms with Gasteiger partial charge in [0, 0.05) is 19.0 Å². The van der Waals surface area contributed by atoms with Gasteiger partial charge in [0.2, 0.25) is 0 Å². The minimum Gasteiger partial charge on any atom is -0.544 e. The maximum absolute atomic E-state index is 11.0. The molecule has 0 aromatic rings. The first-order chi connectivity index (χ1) is 15.1. The smallest absolute Gasteiger partial charge is 0.305 e. The van der Waals surface area contributed by atoms with E-state index in [1.165, 1.54) is 64.2 Å². The summed E-state index contributed by atoms with van der Waals surface area (Å²) in [6.07, 6.45) is 15.6. The Kier molecular flexibility index (Phi) is 17.0. The SMILES string of the molecule is CCCCCCCCCCCCC1=NCCN1C(CC)CC(=O)O.C[N+](C)(C)CC(=O)[O-]. The first-order valence-electron chi connectivity index (χ1n) is 12.6. The third kappa shape index (κ3) is 17.0. The predicted molar refractivity (Wildman–Crippen MR) is 130 cm³/mol. The molecule has 7 nitrogen and oxygen atoms in total. The van der Waals surface area contributed by atoms with Crippen LogP contribution in [0.3, 0.4) is 0 Å². The first kappa shape index (κ1) is 30.4. The molecule has 0 aliphatic carbocycles. The van der Waals surface area contributed by atoms with E-state index in [0.29, 0.717) is 4.48 Å². The van der Waals surface area contributed by atoms with E-state index in [1.54, 1.807) is 21.1 Å². The third-order valence-electron chi connectivity index (χ3n) is 5.65. The highest BCUT2D eigenvalue weighted by molar-refractivity contribution is 5.84. The van der Waals surface area contributed by atoms with Crippen molar-refractivity contribution in [1.29, 1.82) is 0 Å². The Labute approximate surface area is 196 Å². The molecular formula is C25H49N3O4. The van der Waals surface area contributed by atoms with Gasteiger partial charge in [-0.05, 0) is 12.8 Å². The Morgan fingerprint density at radius 3 is 1.94 bits per heavy atom. The van der Waals surface area contributed by atoms with Crippen molar-refractivity contribution in [3.8, 4) is 0 Å². The van der Waals surface area contributed by atoms with Crippen LogP contribution >= 0.6 is 0 Å². The van der Waals surface area contributed by atoms with Gasteiger partial charge in [-0.1, -0.05) is 71.6 Å². The highest BCUT2D eigenvalue weighted by atomic mass is 16.4. The van der Waals surface area contributed by atoms with E-state index in [1.807, 2.05) is 0 Å². The van der Waals surface area contributed by atoms with E-state index >= 15 is 0 Å². The van der Waals surface area contributed by atoms with E-state index in [-0.39, 0.29) is 19.0 Å². The van der Waals surface area contributed by atoms with Crippen LogP contribution in [-0.4, -0.2) is 79.1 Å². The molecule has 1 N–H and O–H groups in total. The molecule has 0 saturated heterocycles. The largest absolute Gasteiger partial charge is 0.544 e. The Morgan fingerprint density at radius 1 is 1.00 bits per heavy atom. The van der Waals surface area contributed by atoms with Crippen molar-refractivity contribution >= 4 is 17.8 Å². The molecule has 1 atom stereocenters. The quantitative estimate of drug-likeness (QED) is 0.267. The normalized spacial score (nSPS) is 14.5.